The Bertz CT molecular complexity index is 393. The minimum absolute atomic E-state index is 0.115. The monoisotopic (exact) mass is 281 g/mol. The Balaban J connectivity index is 2.55. The largest absolute Gasteiger partial charge is 0.496 e. The zero-order chi connectivity index (χ0) is 15.0. The van der Waals surface area contributed by atoms with Crippen molar-refractivity contribution in [3.63, 3.8) is 0 Å². The van der Waals surface area contributed by atoms with Crippen LogP contribution in [0.5, 0.6) is 5.75 Å². The Morgan fingerprint density at radius 3 is 2.55 bits per heavy atom. The zero-order valence-corrected chi connectivity index (χ0v) is 13.2. The average molecular weight is 281 g/mol. The van der Waals surface area contributed by atoms with Crippen LogP contribution in [0.4, 0.5) is 0 Å². The van der Waals surface area contributed by atoms with Crippen LogP contribution in [-0.4, -0.2) is 40.1 Å². The standard InChI is InChI=1S/C16H27NO3/c1-12(2)20-9-8-19-11-15(17-4)14-10-13(3)6-7-16(14)18-5/h6-7,10,12,15,17H,8-9,11H2,1-5H3. The summed E-state index contributed by atoms with van der Waals surface area (Å²) in [6.45, 7) is 7.94. The molecule has 114 valence electrons. The van der Waals surface area contributed by atoms with Crippen molar-refractivity contribution in [2.75, 3.05) is 34.0 Å². The molecule has 1 aromatic carbocycles. The maximum atomic E-state index is 5.69. The van der Waals surface area contributed by atoms with Crippen LogP contribution < -0.4 is 10.1 Å². The lowest BCUT2D eigenvalue weighted by Crippen LogP contribution is -2.23. The molecular weight excluding hydrogens is 254 g/mol. The normalized spacial score (nSPS) is 12.7. The number of rotatable bonds is 9. The number of nitrogens with one attached hydrogen (secondary N) is 1. The molecule has 0 bridgehead atoms. The van der Waals surface area contributed by atoms with Crippen molar-refractivity contribution in [3.8, 4) is 5.75 Å². The highest BCUT2D eigenvalue weighted by atomic mass is 16.5. The van der Waals surface area contributed by atoms with E-state index in [-0.39, 0.29) is 12.1 Å². The number of methoxy groups -OCH3 is 1. The fraction of sp³-hybridized carbons (Fsp3) is 0.625. The molecule has 0 saturated heterocycles. The summed E-state index contributed by atoms with van der Waals surface area (Å²) in [7, 11) is 3.62. The van der Waals surface area contributed by atoms with Gasteiger partial charge in [-0.1, -0.05) is 17.7 Å². The van der Waals surface area contributed by atoms with Gasteiger partial charge in [0.1, 0.15) is 5.75 Å². The molecule has 0 aliphatic rings. The van der Waals surface area contributed by atoms with E-state index in [1.54, 1.807) is 7.11 Å². The van der Waals surface area contributed by atoms with Crippen molar-refractivity contribution in [1.29, 1.82) is 0 Å². The van der Waals surface area contributed by atoms with E-state index in [1.165, 1.54) is 5.56 Å². The zero-order valence-electron chi connectivity index (χ0n) is 13.2. The molecule has 1 rings (SSSR count). The Morgan fingerprint density at radius 1 is 1.20 bits per heavy atom. The van der Waals surface area contributed by atoms with Gasteiger partial charge in [0.15, 0.2) is 0 Å². The van der Waals surface area contributed by atoms with E-state index < -0.39 is 0 Å². The number of benzene rings is 1. The summed E-state index contributed by atoms with van der Waals surface area (Å²) in [5.74, 6) is 0.886. The minimum Gasteiger partial charge on any atom is -0.496 e. The van der Waals surface area contributed by atoms with E-state index in [0.717, 1.165) is 11.3 Å². The van der Waals surface area contributed by atoms with E-state index in [1.807, 2.05) is 33.0 Å². The summed E-state index contributed by atoms with van der Waals surface area (Å²) in [4.78, 5) is 0. The predicted octanol–water partition coefficient (Wildman–Crippen LogP) is 2.71. The summed E-state index contributed by atoms with van der Waals surface area (Å²) in [5.41, 5.74) is 2.34. The first kappa shape index (κ1) is 17.0. The van der Waals surface area contributed by atoms with Crippen LogP contribution in [-0.2, 0) is 9.47 Å². The number of hydrogen-bond acceptors (Lipinski definition) is 4. The number of aryl methyl sites for hydroxylation is 1. The molecule has 1 unspecified atom stereocenters. The first-order chi connectivity index (χ1) is 9.58. The van der Waals surface area contributed by atoms with Gasteiger partial charge in [-0.25, -0.2) is 0 Å². The lowest BCUT2D eigenvalue weighted by Gasteiger charge is -2.20. The lowest BCUT2D eigenvalue weighted by atomic mass is 10.0. The second kappa shape index (κ2) is 8.95. The van der Waals surface area contributed by atoms with Crippen LogP contribution in [0, 0.1) is 6.92 Å². The van der Waals surface area contributed by atoms with Gasteiger partial charge in [0.25, 0.3) is 0 Å². The smallest absolute Gasteiger partial charge is 0.123 e. The van der Waals surface area contributed by atoms with Crippen LogP contribution in [0.3, 0.4) is 0 Å². The van der Waals surface area contributed by atoms with Gasteiger partial charge < -0.3 is 19.5 Å². The number of ether oxygens (including phenoxy) is 3. The summed E-state index contributed by atoms with van der Waals surface area (Å²) < 4.78 is 16.6. The molecule has 0 amide bonds. The van der Waals surface area contributed by atoms with Crippen molar-refractivity contribution >= 4 is 0 Å². The minimum atomic E-state index is 0.115. The van der Waals surface area contributed by atoms with Crippen LogP contribution in [0.15, 0.2) is 18.2 Å². The first-order valence-corrected chi connectivity index (χ1v) is 7.09. The molecule has 0 aliphatic heterocycles. The fourth-order valence-corrected chi connectivity index (χ4v) is 2.00. The third-order valence-corrected chi connectivity index (χ3v) is 3.07. The second-order valence-electron chi connectivity index (χ2n) is 5.08. The van der Waals surface area contributed by atoms with Gasteiger partial charge in [0.2, 0.25) is 0 Å². The Morgan fingerprint density at radius 2 is 1.95 bits per heavy atom. The second-order valence-corrected chi connectivity index (χ2v) is 5.08. The third-order valence-electron chi connectivity index (χ3n) is 3.07. The van der Waals surface area contributed by atoms with E-state index >= 15 is 0 Å². The van der Waals surface area contributed by atoms with E-state index in [2.05, 4.69) is 18.3 Å². The van der Waals surface area contributed by atoms with Crippen molar-refractivity contribution in [2.24, 2.45) is 0 Å². The molecular formula is C16H27NO3. The molecule has 1 N–H and O–H groups in total. The number of hydrogen-bond donors (Lipinski definition) is 1. The van der Waals surface area contributed by atoms with Gasteiger partial charge >= 0.3 is 0 Å². The van der Waals surface area contributed by atoms with Crippen molar-refractivity contribution in [3.05, 3.63) is 29.3 Å². The van der Waals surface area contributed by atoms with Gasteiger partial charge in [-0.3, -0.25) is 0 Å². The Kier molecular flexibility index (Phi) is 7.59. The molecule has 4 nitrogen and oxygen atoms in total. The summed E-state index contributed by atoms with van der Waals surface area (Å²) in [6.07, 6.45) is 0.246. The van der Waals surface area contributed by atoms with Gasteiger partial charge in [-0.15, -0.1) is 0 Å². The Labute approximate surface area is 122 Å². The molecule has 0 heterocycles. The summed E-state index contributed by atoms with van der Waals surface area (Å²) in [5, 5.41) is 3.27. The molecule has 4 heteroatoms. The lowest BCUT2D eigenvalue weighted by molar-refractivity contribution is 0.0140. The quantitative estimate of drug-likeness (QED) is 0.707. The molecule has 0 fully saturated rings. The van der Waals surface area contributed by atoms with Gasteiger partial charge in [0, 0.05) is 5.56 Å². The van der Waals surface area contributed by atoms with E-state index in [9.17, 15) is 0 Å². The predicted molar refractivity (Wildman–Crippen MR) is 81.4 cm³/mol. The van der Waals surface area contributed by atoms with Crippen LogP contribution in [0.25, 0.3) is 0 Å². The average Bonchev–Trinajstić information content (AvgIpc) is 2.42. The summed E-state index contributed by atoms with van der Waals surface area (Å²) in [6, 6.07) is 6.29. The Hall–Kier alpha value is -1.10. The molecule has 0 radical (unpaired) electrons. The SMILES string of the molecule is CNC(COCCOC(C)C)c1cc(C)ccc1OC. The van der Waals surface area contributed by atoms with Crippen LogP contribution in [0.2, 0.25) is 0 Å². The molecule has 1 atom stereocenters. The van der Waals surface area contributed by atoms with E-state index in [0.29, 0.717) is 19.8 Å². The van der Waals surface area contributed by atoms with Gasteiger partial charge in [0.05, 0.1) is 39.1 Å². The maximum Gasteiger partial charge on any atom is 0.123 e. The highest BCUT2D eigenvalue weighted by molar-refractivity contribution is 5.39. The summed E-state index contributed by atoms with van der Waals surface area (Å²) >= 11 is 0. The molecule has 0 aromatic heterocycles. The van der Waals surface area contributed by atoms with Crippen LogP contribution >= 0.6 is 0 Å². The molecule has 1 aromatic rings. The maximum absolute atomic E-state index is 5.69. The van der Waals surface area contributed by atoms with Crippen molar-refractivity contribution in [2.45, 2.75) is 32.9 Å². The van der Waals surface area contributed by atoms with Crippen molar-refractivity contribution < 1.29 is 14.2 Å². The van der Waals surface area contributed by atoms with Gasteiger partial charge in [-0.05, 0) is 33.9 Å². The highest BCUT2D eigenvalue weighted by Crippen LogP contribution is 2.26. The molecule has 20 heavy (non-hydrogen) atoms. The van der Waals surface area contributed by atoms with Crippen molar-refractivity contribution in [1.82, 2.24) is 5.32 Å². The van der Waals surface area contributed by atoms with Gasteiger partial charge in [-0.2, -0.15) is 0 Å². The fourth-order valence-electron chi connectivity index (χ4n) is 2.00. The van der Waals surface area contributed by atoms with Crippen LogP contribution in [0.1, 0.15) is 31.0 Å². The third kappa shape index (κ3) is 5.49. The first-order valence-electron chi connectivity index (χ1n) is 7.09. The molecule has 0 spiro atoms. The van der Waals surface area contributed by atoms with E-state index in [4.69, 9.17) is 14.2 Å². The molecule has 0 aliphatic carbocycles. The molecule has 0 saturated carbocycles. The highest BCUT2D eigenvalue weighted by Gasteiger charge is 2.14. The topological polar surface area (TPSA) is 39.7 Å². The number of likely N-dealkylation sites (N-methyl/N-ethyl adjacent to an activating group) is 1.